The summed E-state index contributed by atoms with van der Waals surface area (Å²) >= 11 is 0. The van der Waals surface area contributed by atoms with Gasteiger partial charge in [0.1, 0.15) is 0 Å². The van der Waals surface area contributed by atoms with Crippen LogP contribution in [0.2, 0.25) is 0 Å². The number of benzene rings is 9. The van der Waals surface area contributed by atoms with Crippen LogP contribution in [-0.2, 0) is 0 Å². The third-order valence-electron chi connectivity index (χ3n) is 11.7. The molecule has 0 fully saturated rings. The summed E-state index contributed by atoms with van der Waals surface area (Å²) in [4.78, 5) is 15.6. The molecule has 11 rings (SSSR count). The monoisotopic (exact) mass is 789 g/mol. The lowest BCUT2D eigenvalue weighted by Gasteiger charge is -2.15. The molecule has 0 atom stereocenters. The summed E-state index contributed by atoms with van der Waals surface area (Å²) in [6.07, 6.45) is 0. The van der Waals surface area contributed by atoms with E-state index in [0.29, 0.717) is 5.82 Å². The number of hydrogen-bond acceptors (Lipinski definition) is 3. The van der Waals surface area contributed by atoms with Gasteiger partial charge in [0, 0.05) is 38.4 Å². The van der Waals surface area contributed by atoms with Gasteiger partial charge in [-0.05, 0) is 68.8 Å². The summed E-state index contributed by atoms with van der Waals surface area (Å²) < 4.78 is 0. The van der Waals surface area contributed by atoms with Gasteiger partial charge in [-0.25, -0.2) is 15.0 Å². The summed E-state index contributed by atoms with van der Waals surface area (Å²) in [5.74, 6) is 0.684. The van der Waals surface area contributed by atoms with E-state index in [1.807, 2.05) is 12.1 Å². The topological polar surface area (TPSA) is 38.7 Å². The van der Waals surface area contributed by atoms with Gasteiger partial charge in [-0.15, -0.1) is 0 Å². The molecule has 0 aliphatic carbocycles. The van der Waals surface area contributed by atoms with Gasteiger partial charge in [0.15, 0.2) is 5.82 Å². The molecule has 0 aliphatic heterocycles. The van der Waals surface area contributed by atoms with E-state index in [0.717, 1.165) is 77.9 Å². The highest BCUT2D eigenvalue weighted by atomic mass is 14.9. The molecule has 0 N–H and O–H groups in total. The Bertz CT molecular complexity index is 3260. The molecule has 0 saturated heterocycles. The molecule has 3 heteroatoms. The third-order valence-corrected chi connectivity index (χ3v) is 11.7. The fourth-order valence-corrected chi connectivity index (χ4v) is 8.56. The van der Waals surface area contributed by atoms with Crippen LogP contribution < -0.4 is 0 Å². The van der Waals surface area contributed by atoms with E-state index < -0.39 is 0 Å². The molecule has 62 heavy (non-hydrogen) atoms. The number of aromatic nitrogens is 3. The van der Waals surface area contributed by atoms with Crippen molar-refractivity contribution in [3.05, 3.63) is 237 Å². The summed E-state index contributed by atoms with van der Waals surface area (Å²) in [5.41, 5.74) is 17.1. The Kier molecular flexibility index (Phi) is 9.53. The van der Waals surface area contributed by atoms with Crippen LogP contribution in [0.4, 0.5) is 0 Å². The molecule has 0 unspecified atom stereocenters. The van der Waals surface area contributed by atoms with Gasteiger partial charge in [0.05, 0.1) is 22.6 Å². The minimum Gasteiger partial charge on any atom is -0.247 e. The predicted octanol–water partition coefficient (Wildman–Crippen LogP) is 15.5. The van der Waals surface area contributed by atoms with Crippen LogP contribution in [0.25, 0.3) is 111 Å². The van der Waals surface area contributed by atoms with Crippen molar-refractivity contribution in [2.45, 2.75) is 0 Å². The zero-order valence-electron chi connectivity index (χ0n) is 33.9. The first kappa shape index (κ1) is 36.8. The maximum atomic E-state index is 5.25. The van der Waals surface area contributed by atoms with Crippen molar-refractivity contribution in [3.63, 3.8) is 0 Å². The SMILES string of the molecule is c1ccc(-c2ccc(-c3cc(-c4cccc(-c5cccc(-c6cccc7c(-c8ccccc8)nc8ccccc8c67)c5)c4)nc(-c4ccc(-c5ccccc5)cc4)n3)cc2)cc1. The molecule has 290 valence electrons. The highest BCUT2D eigenvalue weighted by Gasteiger charge is 2.16. The summed E-state index contributed by atoms with van der Waals surface area (Å²) in [6, 6.07) is 83.4. The van der Waals surface area contributed by atoms with Crippen LogP contribution in [-0.4, -0.2) is 15.0 Å². The van der Waals surface area contributed by atoms with Crippen molar-refractivity contribution in [1.82, 2.24) is 15.0 Å². The van der Waals surface area contributed by atoms with E-state index in [9.17, 15) is 0 Å². The van der Waals surface area contributed by atoms with Gasteiger partial charge in [-0.3, -0.25) is 0 Å². The maximum absolute atomic E-state index is 5.25. The van der Waals surface area contributed by atoms with Crippen LogP contribution >= 0.6 is 0 Å². The molecule has 2 heterocycles. The van der Waals surface area contributed by atoms with Gasteiger partial charge >= 0.3 is 0 Å². The van der Waals surface area contributed by atoms with Gasteiger partial charge in [0.2, 0.25) is 0 Å². The highest BCUT2D eigenvalue weighted by Crippen LogP contribution is 2.40. The molecule has 3 nitrogen and oxygen atoms in total. The second-order valence-electron chi connectivity index (χ2n) is 15.6. The molecular formula is C59H39N3. The Morgan fingerprint density at radius 1 is 0.242 bits per heavy atom. The Morgan fingerprint density at radius 3 is 1.32 bits per heavy atom. The average molecular weight is 790 g/mol. The van der Waals surface area contributed by atoms with Gasteiger partial charge in [0.25, 0.3) is 0 Å². The lowest BCUT2D eigenvalue weighted by atomic mass is 9.91. The summed E-state index contributed by atoms with van der Waals surface area (Å²) in [6.45, 7) is 0. The van der Waals surface area contributed by atoms with Crippen LogP contribution in [0.3, 0.4) is 0 Å². The summed E-state index contributed by atoms with van der Waals surface area (Å²) in [7, 11) is 0. The molecule has 9 aromatic carbocycles. The van der Waals surface area contributed by atoms with Crippen molar-refractivity contribution in [3.8, 4) is 89.7 Å². The number of nitrogens with zero attached hydrogens (tertiary/aromatic N) is 3. The Balaban J connectivity index is 1.00. The van der Waals surface area contributed by atoms with Crippen molar-refractivity contribution in [1.29, 1.82) is 0 Å². The van der Waals surface area contributed by atoms with Crippen LogP contribution in [0.1, 0.15) is 0 Å². The molecule has 0 saturated carbocycles. The maximum Gasteiger partial charge on any atom is 0.160 e. The smallest absolute Gasteiger partial charge is 0.160 e. The number of pyridine rings is 1. The minimum atomic E-state index is 0.684. The van der Waals surface area contributed by atoms with E-state index in [1.165, 1.54) is 27.6 Å². The molecule has 0 radical (unpaired) electrons. The first-order valence-corrected chi connectivity index (χ1v) is 21.0. The number of fused-ring (bicyclic) bond motifs is 3. The quantitative estimate of drug-likeness (QED) is 0.144. The largest absolute Gasteiger partial charge is 0.247 e. The van der Waals surface area contributed by atoms with Crippen LogP contribution in [0.5, 0.6) is 0 Å². The first-order valence-electron chi connectivity index (χ1n) is 21.0. The van der Waals surface area contributed by atoms with E-state index in [2.05, 4.69) is 224 Å². The van der Waals surface area contributed by atoms with Crippen molar-refractivity contribution < 1.29 is 0 Å². The lowest BCUT2D eigenvalue weighted by Crippen LogP contribution is -1.96. The molecule has 0 bridgehead atoms. The number of rotatable bonds is 8. The second kappa shape index (κ2) is 16.1. The number of para-hydroxylation sites is 1. The normalized spacial score (nSPS) is 11.2. The van der Waals surface area contributed by atoms with E-state index in [4.69, 9.17) is 15.0 Å². The van der Waals surface area contributed by atoms with Crippen molar-refractivity contribution in [2.75, 3.05) is 0 Å². The zero-order valence-corrected chi connectivity index (χ0v) is 33.9. The Hall–Kier alpha value is -8.27. The van der Waals surface area contributed by atoms with Gasteiger partial charge in [-0.1, -0.05) is 212 Å². The third kappa shape index (κ3) is 7.12. The van der Waals surface area contributed by atoms with E-state index in [-0.39, 0.29) is 0 Å². The second-order valence-corrected chi connectivity index (χ2v) is 15.6. The first-order chi connectivity index (χ1) is 30.7. The molecular weight excluding hydrogens is 751 g/mol. The lowest BCUT2D eigenvalue weighted by molar-refractivity contribution is 1.18. The molecule has 0 amide bonds. The molecule has 0 aliphatic rings. The standard InChI is InChI=1S/C59H39N3/c1-4-15-40(16-5-1)42-29-33-44(34-30-42)55-39-56(62-59(61-55)46-35-31-43(32-36-46)41-17-6-2-7-18-41)50-24-13-22-48(38-50)47-21-12-23-49(37-47)51-26-14-27-53-57(51)52-25-10-11-28-54(52)60-58(53)45-19-8-3-9-20-45/h1-39H. The van der Waals surface area contributed by atoms with E-state index >= 15 is 0 Å². The molecule has 11 aromatic rings. The van der Waals surface area contributed by atoms with Crippen molar-refractivity contribution in [2.24, 2.45) is 0 Å². The van der Waals surface area contributed by atoms with Crippen LogP contribution in [0.15, 0.2) is 237 Å². The Labute approximate surface area is 361 Å². The fourth-order valence-electron chi connectivity index (χ4n) is 8.56. The molecule has 0 spiro atoms. The average Bonchev–Trinajstić information content (AvgIpc) is 3.37. The van der Waals surface area contributed by atoms with E-state index in [1.54, 1.807) is 0 Å². The van der Waals surface area contributed by atoms with Crippen molar-refractivity contribution >= 4 is 21.7 Å². The highest BCUT2D eigenvalue weighted by molar-refractivity contribution is 6.17. The Morgan fingerprint density at radius 2 is 0.677 bits per heavy atom. The van der Waals surface area contributed by atoms with Crippen LogP contribution in [0, 0.1) is 0 Å². The number of hydrogen-bond donors (Lipinski definition) is 0. The van der Waals surface area contributed by atoms with Gasteiger partial charge in [-0.2, -0.15) is 0 Å². The minimum absolute atomic E-state index is 0.684. The molecule has 2 aromatic heterocycles. The predicted molar refractivity (Wildman–Crippen MR) is 258 cm³/mol. The van der Waals surface area contributed by atoms with Gasteiger partial charge < -0.3 is 0 Å². The fraction of sp³-hybridized carbons (Fsp3) is 0. The summed E-state index contributed by atoms with van der Waals surface area (Å²) in [5, 5.41) is 3.49. The zero-order chi connectivity index (χ0) is 41.2.